The first-order valence-corrected chi connectivity index (χ1v) is 8.87. The van der Waals surface area contributed by atoms with Crippen molar-refractivity contribution >= 4 is 11.5 Å². The van der Waals surface area contributed by atoms with Crippen molar-refractivity contribution in [2.45, 2.75) is 0 Å². The van der Waals surface area contributed by atoms with Crippen LogP contribution in [0.4, 0.5) is 0 Å². The Balaban J connectivity index is 1.89. The third-order valence-electron chi connectivity index (χ3n) is 3.93. The Hall–Kier alpha value is -4.07. The number of esters is 1. The first kappa shape index (κ1) is 20.7. The zero-order valence-corrected chi connectivity index (χ0v) is 16.7. The number of benzene rings is 2. The second-order valence-electron chi connectivity index (χ2n) is 5.80. The second-order valence-corrected chi connectivity index (χ2v) is 5.80. The van der Waals surface area contributed by atoms with Crippen LogP contribution in [0, 0.1) is 0 Å². The number of aromatic nitrogens is 2. The molecule has 30 heavy (non-hydrogen) atoms. The minimum Gasteiger partial charge on any atom is -0.503 e. The van der Waals surface area contributed by atoms with Crippen LogP contribution in [0.3, 0.4) is 0 Å². The van der Waals surface area contributed by atoms with E-state index in [0.29, 0.717) is 22.8 Å². The normalized spacial score (nSPS) is 10.8. The van der Waals surface area contributed by atoms with Crippen LogP contribution in [0.15, 0.2) is 67.2 Å². The molecule has 0 N–H and O–H groups in total. The summed E-state index contributed by atoms with van der Waals surface area (Å²) in [7, 11) is 4.29. The average Bonchev–Trinajstić information content (AvgIpc) is 2.78. The molecule has 0 saturated heterocycles. The molecule has 8 heteroatoms. The number of hydrogen-bond donors (Lipinski definition) is 0. The highest BCUT2D eigenvalue weighted by Crippen LogP contribution is 2.33. The Bertz CT molecular complexity index is 1050. The van der Waals surface area contributed by atoms with E-state index in [1.807, 2.05) is 12.1 Å². The molecule has 0 atom stereocenters. The fourth-order valence-electron chi connectivity index (χ4n) is 2.59. The highest BCUT2D eigenvalue weighted by Gasteiger charge is 2.18. The summed E-state index contributed by atoms with van der Waals surface area (Å²) < 4.78 is 26.8. The Morgan fingerprint density at radius 3 is 2.07 bits per heavy atom. The monoisotopic (exact) mass is 408 g/mol. The molecule has 2 aromatic carbocycles. The van der Waals surface area contributed by atoms with Crippen molar-refractivity contribution in [2.24, 2.45) is 0 Å². The molecule has 8 nitrogen and oxygen atoms in total. The van der Waals surface area contributed by atoms with E-state index in [2.05, 4.69) is 9.97 Å². The smallest absolute Gasteiger partial charge is 0.341 e. The van der Waals surface area contributed by atoms with Crippen LogP contribution in [0.5, 0.6) is 29.0 Å². The van der Waals surface area contributed by atoms with Gasteiger partial charge in [0.1, 0.15) is 17.6 Å². The van der Waals surface area contributed by atoms with Crippen LogP contribution in [-0.2, 0) is 14.3 Å². The number of nitrogens with zero attached hydrogens (tertiary/aromatic N) is 2. The van der Waals surface area contributed by atoms with Gasteiger partial charge < -0.3 is 23.7 Å². The number of para-hydroxylation sites is 3. The van der Waals surface area contributed by atoms with Crippen molar-refractivity contribution in [1.82, 2.24) is 9.97 Å². The number of methoxy groups -OCH3 is 3. The van der Waals surface area contributed by atoms with Crippen LogP contribution in [0.1, 0.15) is 5.56 Å². The summed E-state index contributed by atoms with van der Waals surface area (Å²) in [4.78, 5) is 20.4. The van der Waals surface area contributed by atoms with E-state index in [9.17, 15) is 4.79 Å². The lowest BCUT2D eigenvalue weighted by atomic mass is 10.1. The van der Waals surface area contributed by atoms with E-state index in [1.165, 1.54) is 32.9 Å². The van der Waals surface area contributed by atoms with Crippen LogP contribution in [0.2, 0.25) is 0 Å². The average molecular weight is 408 g/mol. The lowest BCUT2D eigenvalue weighted by Gasteiger charge is -2.13. The molecule has 0 aliphatic heterocycles. The maximum atomic E-state index is 12.1. The largest absolute Gasteiger partial charge is 0.503 e. The molecule has 0 saturated carbocycles. The zero-order valence-electron chi connectivity index (χ0n) is 16.7. The Morgan fingerprint density at radius 2 is 1.43 bits per heavy atom. The second kappa shape index (κ2) is 9.92. The van der Waals surface area contributed by atoms with Gasteiger partial charge in [-0.1, -0.05) is 30.3 Å². The minimum absolute atomic E-state index is 0.204. The fourth-order valence-corrected chi connectivity index (χ4v) is 2.59. The van der Waals surface area contributed by atoms with Gasteiger partial charge in [-0.3, -0.25) is 0 Å². The predicted octanol–water partition coefficient (Wildman–Crippen LogP) is 4.23. The van der Waals surface area contributed by atoms with Gasteiger partial charge >= 0.3 is 5.97 Å². The van der Waals surface area contributed by atoms with Gasteiger partial charge in [0.2, 0.25) is 11.8 Å². The number of carbonyl (C=O) groups is 1. The van der Waals surface area contributed by atoms with Gasteiger partial charge in [0, 0.05) is 5.56 Å². The molecule has 0 fully saturated rings. The quantitative estimate of drug-likeness (QED) is 0.311. The first-order valence-electron chi connectivity index (χ1n) is 8.87. The standard InChI is InChI=1S/C22H20N2O6/c1-26-13-16(22(25)28-3)15-8-4-5-9-17(15)29-20-12-21(24-14-23-20)30-19-11-7-6-10-18(19)27-2/h4-14H,1-3H3/b16-13+. The van der Waals surface area contributed by atoms with Crippen LogP contribution in [0.25, 0.3) is 5.57 Å². The zero-order chi connectivity index (χ0) is 21.3. The number of hydrogen-bond acceptors (Lipinski definition) is 8. The number of ether oxygens (including phenoxy) is 5. The van der Waals surface area contributed by atoms with Crippen molar-refractivity contribution in [3.8, 4) is 29.0 Å². The van der Waals surface area contributed by atoms with Crippen molar-refractivity contribution in [3.05, 3.63) is 72.8 Å². The van der Waals surface area contributed by atoms with E-state index in [-0.39, 0.29) is 17.3 Å². The lowest BCUT2D eigenvalue weighted by Crippen LogP contribution is -2.06. The fraction of sp³-hybridized carbons (Fsp3) is 0.136. The third kappa shape index (κ3) is 4.85. The topological polar surface area (TPSA) is 89.0 Å². The van der Waals surface area contributed by atoms with Crippen LogP contribution >= 0.6 is 0 Å². The molecule has 1 aromatic heterocycles. The van der Waals surface area contributed by atoms with E-state index in [0.717, 1.165) is 0 Å². The molecule has 0 bridgehead atoms. The summed E-state index contributed by atoms with van der Waals surface area (Å²) in [6.07, 6.45) is 2.61. The molecule has 3 rings (SSSR count). The van der Waals surface area contributed by atoms with E-state index in [4.69, 9.17) is 23.7 Å². The first-order chi connectivity index (χ1) is 14.7. The molecule has 0 aliphatic rings. The van der Waals surface area contributed by atoms with Gasteiger partial charge in [0.05, 0.1) is 33.7 Å². The summed E-state index contributed by atoms with van der Waals surface area (Å²) in [6.45, 7) is 0. The van der Waals surface area contributed by atoms with Crippen molar-refractivity contribution in [3.63, 3.8) is 0 Å². The summed E-state index contributed by atoms with van der Waals surface area (Å²) >= 11 is 0. The third-order valence-corrected chi connectivity index (χ3v) is 3.93. The maximum Gasteiger partial charge on any atom is 0.341 e. The van der Waals surface area contributed by atoms with Crippen molar-refractivity contribution < 1.29 is 28.5 Å². The summed E-state index contributed by atoms with van der Waals surface area (Å²) in [5.74, 6) is 1.38. The Labute approximate surface area is 173 Å². The van der Waals surface area contributed by atoms with Crippen molar-refractivity contribution in [1.29, 1.82) is 0 Å². The molecule has 0 aliphatic carbocycles. The lowest BCUT2D eigenvalue weighted by molar-refractivity contribution is -0.133. The van der Waals surface area contributed by atoms with Crippen LogP contribution < -0.4 is 14.2 Å². The van der Waals surface area contributed by atoms with Gasteiger partial charge in [-0.05, 0) is 18.2 Å². The molecule has 3 aromatic rings. The molecule has 0 radical (unpaired) electrons. The van der Waals surface area contributed by atoms with Gasteiger partial charge in [0.25, 0.3) is 0 Å². The van der Waals surface area contributed by atoms with E-state index < -0.39 is 5.97 Å². The molecule has 0 unspecified atom stereocenters. The van der Waals surface area contributed by atoms with E-state index >= 15 is 0 Å². The Morgan fingerprint density at radius 1 is 0.833 bits per heavy atom. The van der Waals surface area contributed by atoms with Crippen LogP contribution in [-0.4, -0.2) is 37.3 Å². The van der Waals surface area contributed by atoms with Gasteiger partial charge in [-0.25, -0.2) is 14.8 Å². The number of carbonyl (C=O) groups excluding carboxylic acids is 1. The van der Waals surface area contributed by atoms with Gasteiger partial charge in [-0.15, -0.1) is 0 Å². The van der Waals surface area contributed by atoms with Gasteiger partial charge in [-0.2, -0.15) is 0 Å². The van der Waals surface area contributed by atoms with Gasteiger partial charge in [0.15, 0.2) is 11.5 Å². The molecular weight excluding hydrogens is 388 g/mol. The summed E-state index contributed by atoms with van der Waals surface area (Å²) in [5, 5.41) is 0. The van der Waals surface area contributed by atoms with E-state index in [1.54, 1.807) is 43.5 Å². The summed E-state index contributed by atoms with van der Waals surface area (Å²) in [6, 6.07) is 15.7. The molecule has 1 heterocycles. The highest BCUT2D eigenvalue weighted by molar-refractivity contribution is 6.17. The van der Waals surface area contributed by atoms with Crippen molar-refractivity contribution in [2.75, 3.05) is 21.3 Å². The maximum absolute atomic E-state index is 12.1. The predicted molar refractivity (Wildman–Crippen MR) is 109 cm³/mol. The Kier molecular flexibility index (Phi) is 6.83. The SMILES string of the molecule is CO/C=C(/C(=O)OC)c1ccccc1Oc1cc(Oc2ccccc2OC)ncn1. The molecule has 154 valence electrons. The molecule has 0 spiro atoms. The molecular formula is C22H20N2O6. The summed E-state index contributed by atoms with van der Waals surface area (Å²) in [5.41, 5.74) is 0.687. The minimum atomic E-state index is -0.559. The number of rotatable bonds is 8. The molecule has 0 amide bonds. The highest BCUT2D eigenvalue weighted by atomic mass is 16.5.